The lowest BCUT2D eigenvalue weighted by molar-refractivity contribution is -0.143. The van der Waals surface area contributed by atoms with Crippen molar-refractivity contribution in [2.24, 2.45) is 11.7 Å². The highest BCUT2D eigenvalue weighted by atomic mass is 18.2. The maximum atomic E-state index is 11.9. The van der Waals surface area contributed by atoms with Crippen molar-refractivity contribution in [3.8, 4) is 5.75 Å². The largest absolute Gasteiger partial charge is 0.489 e. The number of ether oxygens (including phenoxy) is 1. The molecule has 4 N–H and O–H groups in total. The minimum atomic E-state index is -1.25. The molecule has 7 nitrogen and oxygen atoms in total. The number of carbonyl (C=O) groups is 2. The Kier molecular flexibility index (Phi) is 6.54. The molecule has 0 amide bonds. The zero-order chi connectivity index (χ0) is 15.8. The van der Waals surface area contributed by atoms with E-state index < -0.39 is 30.6 Å². The van der Waals surface area contributed by atoms with Crippen molar-refractivity contribution in [3.63, 3.8) is 0 Å². The van der Waals surface area contributed by atoms with Gasteiger partial charge in [-0.15, -0.1) is 0 Å². The van der Waals surface area contributed by atoms with Crippen LogP contribution in [0.5, 0.6) is 5.75 Å². The van der Waals surface area contributed by atoms with Crippen molar-refractivity contribution < 1.29 is 28.9 Å². The van der Waals surface area contributed by atoms with E-state index in [0.29, 0.717) is 11.4 Å². The van der Waals surface area contributed by atoms with Gasteiger partial charge in [0, 0.05) is 12.1 Å². The first kappa shape index (κ1) is 16.8. The van der Waals surface area contributed by atoms with Gasteiger partial charge >= 0.3 is 11.9 Å². The number of aliphatic carboxylic acids is 2. The molecular weight excluding hydrogens is 282 g/mol. The summed E-state index contributed by atoms with van der Waals surface area (Å²) in [6.07, 6.45) is 1.23. The van der Waals surface area contributed by atoms with Crippen LogP contribution in [-0.4, -0.2) is 46.5 Å². The van der Waals surface area contributed by atoms with Gasteiger partial charge in [0.2, 0.25) is 0 Å². The van der Waals surface area contributed by atoms with Gasteiger partial charge in [0.05, 0.1) is 12.1 Å². The molecule has 116 valence electrons. The Labute approximate surface area is 120 Å². The average Bonchev–Trinajstić information content (AvgIpc) is 2.45. The molecule has 0 aliphatic rings. The number of rotatable bonds is 9. The van der Waals surface area contributed by atoms with Gasteiger partial charge in [0.15, 0.2) is 0 Å². The van der Waals surface area contributed by atoms with Crippen molar-refractivity contribution in [3.05, 3.63) is 24.0 Å². The Morgan fingerprint density at radius 2 is 2.05 bits per heavy atom. The van der Waals surface area contributed by atoms with E-state index in [1.807, 2.05) is 0 Å². The van der Waals surface area contributed by atoms with E-state index in [2.05, 4.69) is 4.98 Å². The topological polar surface area (TPSA) is 123 Å². The predicted molar refractivity (Wildman–Crippen MR) is 70.8 cm³/mol. The summed E-state index contributed by atoms with van der Waals surface area (Å²) in [4.78, 5) is 25.8. The fraction of sp³-hybridized carbons (Fsp3) is 0.462. The first-order valence-corrected chi connectivity index (χ1v) is 6.29. The number of pyridine rings is 1. The molecule has 0 spiro atoms. The van der Waals surface area contributed by atoms with Gasteiger partial charge in [0.1, 0.15) is 25.1 Å². The summed E-state index contributed by atoms with van der Waals surface area (Å²) < 4.78 is 16.9. The Balaban J connectivity index is 2.66. The zero-order valence-electron chi connectivity index (χ0n) is 11.2. The SMILES string of the molecule is N[C@@H](CC(Cc1ccc(OCC[18F])cn1)C(=O)O)C(=O)O. The molecule has 0 bridgehead atoms. The fourth-order valence-corrected chi connectivity index (χ4v) is 1.70. The molecular formula is C13H17FN2O5. The van der Waals surface area contributed by atoms with Gasteiger partial charge in [-0.3, -0.25) is 14.6 Å². The van der Waals surface area contributed by atoms with Crippen LogP contribution in [-0.2, 0) is 16.0 Å². The molecule has 0 aliphatic carbocycles. The molecule has 1 unspecified atom stereocenters. The van der Waals surface area contributed by atoms with Crippen LogP contribution in [0.1, 0.15) is 12.1 Å². The molecule has 1 aromatic heterocycles. The molecule has 0 aromatic carbocycles. The van der Waals surface area contributed by atoms with E-state index in [0.717, 1.165) is 0 Å². The molecule has 8 heteroatoms. The number of halogens is 1. The Hall–Kier alpha value is -2.22. The quantitative estimate of drug-likeness (QED) is 0.605. The van der Waals surface area contributed by atoms with E-state index in [-0.39, 0.29) is 19.4 Å². The molecule has 1 heterocycles. The lowest BCUT2D eigenvalue weighted by atomic mass is 9.95. The lowest BCUT2D eigenvalue weighted by Gasteiger charge is -2.14. The summed E-state index contributed by atoms with van der Waals surface area (Å²) in [5.41, 5.74) is 5.81. The van der Waals surface area contributed by atoms with Crippen LogP contribution in [0.3, 0.4) is 0 Å². The molecule has 2 atom stereocenters. The first-order valence-electron chi connectivity index (χ1n) is 6.29. The van der Waals surface area contributed by atoms with Crippen LogP contribution in [0.25, 0.3) is 0 Å². The fourth-order valence-electron chi connectivity index (χ4n) is 1.70. The van der Waals surface area contributed by atoms with Crippen LogP contribution in [0.15, 0.2) is 18.3 Å². The number of aromatic nitrogens is 1. The minimum Gasteiger partial charge on any atom is -0.489 e. The highest BCUT2D eigenvalue weighted by Crippen LogP contribution is 2.16. The van der Waals surface area contributed by atoms with Crippen molar-refractivity contribution in [1.29, 1.82) is 0 Å². The van der Waals surface area contributed by atoms with E-state index in [1.54, 1.807) is 12.1 Å². The third-order valence-corrected chi connectivity index (χ3v) is 2.80. The normalized spacial score (nSPS) is 13.4. The lowest BCUT2D eigenvalue weighted by Crippen LogP contribution is -2.35. The van der Waals surface area contributed by atoms with Gasteiger partial charge in [-0.25, -0.2) is 4.39 Å². The van der Waals surface area contributed by atoms with Gasteiger partial charge in [-0.2, -0.15) is 0 Å². The third-order valence-electron chi connectivity index (χ3n) is 2.80. The molecule has 0 saturated carbocycles. The van der Waals surface area contributed by atoms with E-state index in [1.165, 1.54) is 6.20 Å². The molecule has 0 aliphatic heterocycles. The number of hydrogen-bond donors (Lipinski definition) is 3. The standard InChI is InChI=1S/C13H17FN2O5/c14-3-4-21-10-2-1-9(16-7-10)5-8(12(17)18)6-11(15)13(19)20/h1-2,7-8,11H,3-6,15H2,(H,17,18)(H,19,20)/t8?,11-/m0/s1/i14-1. The van der Waals surface area contributed by atoms with Crippen molar-refractivity contribution in [2.75, 3.05) is 13.3 Å². The van der Waals surface area contributed by atoms with E-state index in [4.69, 9.17) is 20.7 Å². The monoisotopic (exact) mass is 299 g/mol. The summed E-state index contributed by atoms with van der Waals surface area (Å²) in [6, 6.07) is 1.86. The molecule has 0 fully saturated rings. The maximum Gasteiger partial charge on any atom is 0.320 e. The first-order chi connectivity index (χ1) is 9.93. The third kappa shape index (κ3) is 5.74. The molecule has 1 aromatic rings. The average molecular weight is 299 g/mol. The van der Waals surface area contributed by atoms with E-state index >= 15 is 0 Å². The maximum absolute atomic E-state index is 11.9. The predicted octanol–water partition coefficient (Wildman–Crippen LogP) is 0.475. The Bertz CT molecular complexity index is 480. The van der Waals surface area contributed by atoms with Crippen molar-refractivity contribution in [2.45, 2.75) is 18.9 Å². The van der Waals surface area contributed by atoms with Gasteiger partial charge in [-0.05, 0) is 18.6 Å². The number of carboxylic acid groups (broad SMARTS) is 2. The summed E-state index contributed by atoms with van der Waals surface area (Å²) in [5.74, 6) is -2.94. The number of carboxylic acids is 2. The van der Waals surface area contributed by atoms with Crippen LogP contribution in [0, 0.1) is 5.92 Å². The number of hydrogen-bond acceptors (Lipinski definition) is 5. The Morgan fingerprint density at radius 3 is 2.52 bits per heavy atom. The summed E-state index contributed by atoms with van der Waals surface area (Å²) in [6.45, 7) is -0.692. The van der Waals surface area contributed by atoms with Crippen LogP contribution >= 0.6 is 0 Å². The molecule has 21 heavy (non-hydrogen) atoms. The minimum absolute atomic E-state index is 0.0553. The second-order valence-electron chi connectivity index (χ2n) is 4.44. The summed E-state index contributed by atoms with van der Waals surface area (Å²) >= 11 is 0. The second-order valence-corrected chi connectivity index (χ2v) is 4.44. The smallest absolute Gasteiger partial charge is 0.320 e. The number of nitrogens with zero attached hydrogens (tertiary/aromatic N) is 1. The zero-order valence-corrected chi connectivity index (χ0v) is 11.2. The van der Waals surface area contributed by atoms with Gasteiger partial charge < -0.3 is 20.7 Å². The highest BCUT2D eigenvalue weighted by molar-refractivity contribution is 5.75. The summed E-state index contributed by atoms with van der Waals surface area (Å²) in [7, 11) is 0. The number of alkyl halides is 1. The second kappa shape index (κ2) is 8.15. The van der Waals surface area contributed by atoms with Crippen molar-refractivity contribution >= 4 is 11.9 Å². The number of nitrogens with two attached hydrogens (primary N) is 1. The van der Waals surface area contributed by atoms with Gasteiger partial charge in [0.25, 0.3) is 0 Å². The molecule has 1 rings (SSSR count). The van der Waals surface area contributed by atoms with Crippen LogP contribution in [0.4, 0.5) is 4.39 Å². The summed E-state index contributed by atoms with van der Waals surface area (Å²) in [5, 5.41) is 17.8. The van der Waals surface area contributed by atoms with Crippen LogP contribution in [0.2, 0.25) is 0 Å². The van der Waals surface area contributed by atoms with Crippen molar-refractivity contribution in [1.82, 2.24) is 4.98 Å². The van der Waals surface area contributed by atoms with E-state index in [9.17, 15) is 14.0 Å². The molecule has 0 saturated heterocycles. The van der Waals surface area contributed by atoms with Crippen LogP contribution < -0.4 is 10.5 Å². The molecule has 0 radical (unpaired) electrons. The Morgan fingerprint density at radius 1 is 1.33 bits per heavy atom. The highest BCUT2D eigenvalue weighted by Gasteiger charge is 2.25. The van der Waals surface area contributed by atoms with Gasteiger partial charge in [-0.1, -0.05) is 0 Å².